The summed E-state index contributed by atoms with van der Waals surface area (Å²) in [6.45, 7) is -1.61. The van der Waals surface area contributed by atoms with Crippen LogP contribution < -0.4 is 17.1 Å². The third kappa shape index (κ3) is 6.46. The van der Waals surface area contributed by atoms with Crippen molar-refractivity contribution in [3.05, 3.63) is 30.3 Å². The second kappa shape index (κ2) is 13.5. The van der Waals surface area contributed by atoms with E-state index in [1.807, 2.05) is 0 Å². The summed E-state index contributed by atoms with van der Waals surface area (Å²) in [7, 11) is 0. The molecule has 18 heteroatoms. The number of halogens is 1. The van der Waals surface area contributed by atoms with Crippen LogP contribution in [-0.2, 0) is 14.2 Å². The Kier molecular flexibility index (Phi) is 10.3. The molecule has 5 rings (SSSR count). The van der Waals surface area contributed by atoms with E-state index in [-0.39, 0.29) is 46.2 Å². The Balaban J connectivity index is 0.00000461. The standard InChI is InChI=1S/C27H30O17.ClH/c28-6-16-19(35)21(37)23(39)26(42-16)44-25-22(38)20(36)17(7-29)43-27(25)41-15-5-10-11(31)3-9(30)4-14(10)40-24(15)8-1-12(32)18(34)13(33)2-8;/h1-5,16-17,19-23,25-29,35-39H,6-7H2,(H4-,30,31,32,33,34);1H/t16-,17-,19-,20-,21+,22+,23-,25-,26+,27-;/m1./s1. The first-order chi connectivity index (χ1) is 20.8. The molecule has 2 aliphatic rings. The van der Waals surface area contributed by atoms with E-state index >= 15 is 0 Å². The predicted molar refractivity (Wildman–Crippen MR) is 141 cm³/mol. The lowest BCUT2D eigenvalue weighted by Crippen LogP contribution is -3.00. The molecule has 0 spiro atoms. The summed E-state index contributed by atoms with van der Waals surface area (Å²) in [5.74, 6) is -3.88. The highest BCUT2D eigenvalue weighted by Crippen LogP contribution is 2.45. The summed E-state index contributed by atoms with van der Waals surface area (Å²) >= 11 is 0. The largest absolute Gasteiger partial charge is 1.00 e. The van der Waals surface area contributed by atoms with Gasteiger partial charge in [0.05, 0.1) is 24.8 Å². The van der Waals surface area contributed by atoms with Crippen LogP contribution >= 0.6 is 0 Å². The van der Waals surface area contributed by atoms with E-state index in [2.05, 4.69) is 0 Å². The van der Waals surface area contributed by atoms with Gasteiger partial charge in [0.1, 0.15) is 59.6 Å². The number of hydrogen-bond acceptors (Lipinski definition) is 16. The molecule has 3 heterocycles. The van der Waals surface area contributed by atoms with Gasteiger partial charge in [-0.2, -0.15) is 0 Å². The monoisotopic (exact) mass is 662 g/mol. The van der Waals surface area contributed by atoms with Gasteiger partial charge in [0.25, 0.3) is 0 Å². The summed E-state index contributed by atoms with van der Waals surface area (Å²) in [6, 6.07) is 5.27. The van der Waals surface area contributed by atoms with Crippen molar-refractivity contribution >= 4 is 11.0 Å². The molecule has 3 aromatic rings. The quantitative estimate of drug-likeness (QED) is 0.0832. The number of rotatable bonds is 7. The van der Waals surface area contributed by atoms with Gasteiger partial charge in [-0.15, -0.1) is 0 Å². The van der Waals surface area contributed by atoms with Crippen molar-refractivity contribution in [2.75, 3.05) is 13.2 Å². The van der Waals surface area contributed by atoms with Gasteiger partial charge in [-0.25, -0.2) is 4.42 Å². The molecule has 10 atom stereocenters. The van der Waals surface area contributed by atoms with Crippen LogP contribution in [0.3, 0.4) is 0 Å². The molecule has 0 bridgehead atoms. The van der Waals surface area contributed by atoms with E-state index in [9.17, 15) is 61.3 Å². The van der Waals surface area contributed by atoms with E-state index in [0.717, 1.165) is 24.3 Å². The number of aliphatic hydroxyl groups is 7. The van der Waals surface area contributed by atoms with E-state index in [4.69, 9.17) is 23.4 Å². The van der Waals surface area contributed by atoms with Gasteiger partial charge in [-0.05, 0) is 0 Å². The molecule has 1 aromatic heterocycles. The number of aromatic hydroxyl groups is 5. The summed E-state index contributed by atoms with van der Waals surface area (Å²) in [5, 5.41) is 122. The lowest BCUT2D eigenvalue weighted by atomic mass is 9.97. The Bertz CT molecular complexity index is 1480. The van der Waals surface area contributed by atoms with Gasteiger partial charge in [-0.3, -0.25) is 0 Å². The van der Waals surface area contributed by atoms with Crippen LogP contribution in [-0.4, -0.2) is 136 Å². The average Bonchev–Trinajstić information content (AvgIpc) is 2.99. The first-order valence-electron chi connectivity index (χ1n) is 13.2. The van der Waals surface area contributed by atoms with E-state index in [0.29, 0.717) is 0 Å². The highest BCUT2D eigenvalue weighted by Gasteiger charge is 2.52. The highest BCUT2D eigenvalue weighted by atomic mass is 35.5. The molecule has 2 aliphatic heterocycles. The number of fused-ring (bicyclic) bond motifs is 1. The third-order valence-corrected chi connectivity index (χ3v) is 7.36. The van der Waals surface area contributed by atoms with Crippen molar-refractivity contribution in [3.8, 4) is 45.8 Å². The van der Waals surface area contributed by atoms with Gasteiger partial charge in [0, 0.05) is 24.3 Å². The van der Waals surface area contributed by atoms with Crippen molar-refractivity contribution in [1.29, 1.82) is 0 Å². The molecule has 248 valence electrons. The van der Waals surface area contributed by atoms with Crippen LogP contribution in [0.5, 0.6) is 34.5 Å². The minimum absolute atomic E-state index is 0. The van der Waals surface area contributed by atoms with Crippen LogP contribution in [0.25, 0.3) is 22.3 Å². The molecular weight excluding hydrogens is 632 g/mol. The van der Waals surface area contributed by atoms with Gasteiger partial charge in [-0.1, -0.05) is 0 Å². The molecule has 12 N–H and O–H groups in total. The zero-order chi connectivity index (χ0) is 32.0. The normalized spacial score (nSPS) is 31.8. The van der Waals surface area contributed by atoms with Gasteiger partial charge in [0.15, 0.2) is 29.6 Å². The fraction of sp³-hybridized carbons (Fsp3) is 0.444. The van der Waals surface area contributed by atoms with Crippen LogP contribution in [0, 0.1) is 0 Å². The number of aliphatic hydroxyl groups excluding tert-OH is 7. The number of phenols is 5. The SMILES string of the molecule is OC[C@H]1O[C@@H](O[C@H]2[C@H](Oc3cc4c(O)cc(O)cc4[o+]c3-c3cc(O)c(O)c(O)c3)O[C@H](CO)[C@@H](O)[C@@H]2O)[C@H](O)[C@@H](O)[C@@H]1O.[Cl-]. The van der Waals surface area contributed by atoms with Crippen LogP contribution in [0.2, 0.25) is 0 Å². The fourth-order valence-corrected chi connectivity index (χ4v) is 4.96. The minimum Gasteiger partial charge on any atom is -1.00 e. The minimum atomic E-state index is -1.92. The zero-order valence-electron chi connectivity index (χ0n) is 22.9. The average molecular weight is 663 g/mol. The van der Waals surface area contributed by atoms with Crippen molar-refractivity contribution in [3.63, 3.8) is 0 Å². The highest BCUT2D eigenvalue weighted by molar-refractivity contribution is 5.88. The van der Waals surface area contributed by atoms with Crippen LogP contribution in [0.1, 0.15) is 0 Å². The number of hydrogen-bond donors (Lipinski definition) is 12. The maximum absolute atomic E-state index is 11.0. The predicted octanol–water partition coefficient (Wildman–Crippen LogP) is -5.08. The molecule has 2 aromatic carbocycles. The molecule has 0 unspecified atom stereocenters. The van der Waals surface area contributed by atoms with Crippen LogP contribution in [0.4, 0.5) is 0 Å². The first-order valence-corrected chi connectivity index (χ1v) is 13.2. The van der Waals surface area contributed by atoms with Crippen molar-refractivity contribution in [2.24, 2.45) is 0 Å². The topological polar surface area (TPSA) is 291 Å². The number of ether oxygens (including phenoxy) is 4. The molecule has 45 heavy (non-hydrogen) atoms. The molecule has 0 saturated carbocycles. The Hall–Kier alpha value is -3.46. The Morgan fingerprint density at radius 2 is 1.24 bits per heavy atom. The van der Waals surface area contributed by atoms with E-state index in [1.165, 1.54) is 6.07 Å². The molecule has 2 fully saturated rings. The summed E-state index contributed by atoms with van der Waals surface area (Å²) in [4.78, 5) is 0. The van der Waals surface area contributed by atoms with Crippen molar-refractivity contribution in [2.45, 2.75) is 61.4 Å². The van der Waals surface area contributed by atoms with Gasteiger partial charge >= 0.3 is 11.3 Å². The van der Waals surface area contributed by atoms with Gasteiger partial charge in [0.2, 0.25) is 12.0 Å². The first kappa shape index (κ1) is 34.4. The molecular formula is C27H31ClO17. The summed E-state index contributed by atoms with van der Waals surface area (Å²) in [5.41, 5.74) is -0.224. The smallest absolute Gasteiger partial charge is 0.402 e. The number of benzene rings is 2. The third-order valence-electron chi connectivity index (χ3n) is 7.36. The zero-order valence-corrected chi connectivity index (χ0v) is 23.6. The van der Waals surface area contributed by atoms with E-state index < -0.39 is 97.6 Å². The number of phenolic OH excluding ortho intramolecular Hbond substituents is 5. The second-order valence-corrected chi connectivity index (χ2v) is 10.3. The van der Waals surface area contributed by atoms with E-state index in [1.54, 1.807) is 0 Å². The summed E-state index contributed by atoms with van der Waals surface area (Å²) in [6.07, 6.45) is -17.5. The Morgan fingerprint density at radius 3 is 1.84 bits per heavy atom. The maximum atomic E-state index is 11.0. The van der Waals surface area contributed by atoms with Crippen LogP contribution in [0.15, 0.2) is 34.7 Å². The lowest BCUT2D eigenvalue weighted by molar-refractivity contribution is -0.357. The lowest BCUT2D eigenvalue weighted by Gasteiger charge is -2.45. The van der Waals surface area contributed by atoms with Crippen molar-refractivity contribution < 1.29 is 97.0 Å². The Morgan fingerprint density at radius 1 is 0.667 bits per heavy atom. The molecule has 0 radical (unpaired) electrons. The Labute approximate surface area is 258 Å². The van der Waals surface area contributed by atoms with Crippen molar-refractivity contribution in [1.82, 2.24) is 0 Å². The molecule has 0 aliphatic carbocycles. The fourth-order valence-electron chi connectivity index (χ4n) is 4.96. The molecule has 17 nitrogen and oxygen atoms in total. The maximum Gasteiger partial charge on any atom is 0.402 e. The second-order valence-electron chi connectivity index (χ2n) is 10.3. The summed E-state index contributed by atoms with van der Waals surface area (Å²) < 4.78 is 28.4. The molecule has 0 amide bonds. The molecule has 2 saturated heterocycles. The van der Waals surface area contributed by atoms with Gasteiger partial charge < -0.3 is 92.6 Å².